The van der Waals surface area contributed by atoms with E-state index in [4.69, 9.17) is 4.98 Å². The second kappa shape index (κ2) is 6.34. The van der Waals surface area contributed by atoms with Gasteiger partial charge in [0.2, 0.25) is 0 Å². The number of thiazole rings is 1. The van der Waals surface area contributed by atoms with Gasteiger partial charge >= 0.3 is 0 Å². The fourth-order valence-electron chi connectivity index (χ4n) is 3.75. The molecule has 1 aliphatic heterocycles. The van der Waals surface area contributed by atoms with E-state index < -0.39 is 0 Å². The Morgan fingerprint density at radius 1 is 1.14 bits per heavy atom. The summed E-state index contributed by atoms with van der Waals surface area (Å²) in [4.78, 5) is 27.8. The molecule has 3 aromatic heterocycles. The summed E-state index contributed by atoms with van der Waals surface area (Å²) in [5.74, 6) is 0.891. The molecule has 0 amide bonds. The SMILES string of the molecule is CC1(C)CCc2nc3cc(-c4ncc(-c5ccccn5)s4)ccc3c(=O)n2C1. The molecular weight excluding hydrogens is 368 g/mol. The molecule has 5 rings (SSSR count). The van der Waals surface area contributed by atoms with Gasteiger partial charge < -0.3 is 0 Å². The van der Waals surface area contributed by atoms with Gasteiger partial charge in [0, 0.05) is 30.9 Å². The van der Waals surface area contributed by atoms with E-state index in [1.807, 2.05) is 47.2 Å². The smallest absolute Gasteiger partial charge is 0.261 e. The van der Waals surface area contributed by atoms with E-state index in [1.54, 1.807) is 17.5 Å². The van der Waals surface area contributed by atoms with Gasteiger partial charge in [-0.15, -0.1) is 11.3 Å². The van der Waals surface area contributed by atoms with Gasteiger partial charge in [-0.3, -0.25) is 14.3 Å². The third-order valence-corrected chi connectivity index (χ3v) is 6.38. The number of pyridine rings is 1. The molecule has 0 spiro atoms. The number of hydrogen-bond donors (Lipinski definition) is 0. The van der Waals surface area contributed by atoms with Crippen LogP contribution in [0.25, 0.3) is 32.0 Å². The van der Waals surface area contributed by atoms with Crippen molar-refractivity contribution >= 4 is 22.2 Å². The van der Waals surface area contributed by atoms with E-state index in [-0.39, 0.29) is 11.0 Å². The molecule has 1 aromatic carbocycles. The molecule has 4 aromatic rings. The topological polar surface area (TPSA) is 60.7 Å². The van der Waals surface area contributed by atoms with Gasteiger partial charge in [0.05, 0.1) is 21.5 Å². The molecule has 0 aliphatic carbocycles. The van der Waals surface area contributed by atoms with Crippen LogP contribution in [-0.2, 0) is 13.0 Å². The first-order valence-electron chi connectivity index (χ1n) is 9.41. The fraction of sp³-hybridized carbons (Fsp3) is 0.273. The number of aromatic nitrogens is 4. The quantitative estimate of drug-likeness (QED) is 0.505. The van der Waals surface area contributed by atoms with Crippen LogP contribution in [0.3, 0.4) is 0 Å². The molecule has 0 unspecified atom stereocenters. The fourth-order valence-corrected chi connectivity index (χ4v) is 4.63. The van der Waals surface area contributed by atoms with Crippen molar-refractivity contribution < 1.29 is 0 Å². The third-order valence-electron chi connectivity index (χ3n) is 5.32. The molecule has 6 heteroatoms. The van der Waals surface area contributed by atoms with E-state index in [0.717, 1.165) is 51.9 Å². The Balaban J connectivity index is 1.58. The summed E-state index contributed by atoms with van der Waals surface area (Å²) in [5, 5.41) is 1.58. The van der Waals surface area contributed by atoms with Crippen LogP contribution in [-0.4, -0.2) is 19.5 Å². The average molecular weight is 388 g/mol. The number of benzene rings is 1. The maximum absolute atomic E-state index is 13.0. The molecule has 0 fully saturated rings. The number of hydrogen-bond acceptors (Lipinski definition) is 5. The summed E-state index contributed by atoms with van der Waals surface area (Å²) in [7, 11) is 0. The molecule has 0 atom stereocenters. The molecule has 4 heterocycles. The van der Waals surface area contributed by atoms with E-state index in [9.17, 15) is 4.79 Å². The molecule has 140 valence electrons. The highest BCUT2D eigenvalue weighted by Crippen LogP contribution is 2.33. The Labute approximate surface area is 166 Å². The highest BCUT2D eigenvalue weighted by atomic mass is 32.1. The first-order chi connectivity index (χ1) is 13.5. The molecule has 0 radical (unpaired) electrons. The molecule has 0 saturated heterocycles. The lowest BCUT2D eigenvalue weighted by Gasteiger charge is -2.31. The minimum Gasteiger partial charge on any atom is -0.296 e. The predicted molar refractivity (Wildman–Crippen MR) is 112 cm³/mol. The standard InChI is InChI=1S/C22H20N4OS/c1-22(2)9-8-19-25-17-11-14(6-7-15(17)21(27)26(19)13-22)20-24-12-18(28-20)16-5-3-4-10-23-16/h3-7,10-12H,8-9,13H2,1-2H3. The largest absolute Gasteiger partial charge is 0.296 e. The number of aryl methyl sites for hydroxylation is 1. The second-order valence-electron chi connectivity index (χ2n) is 8.06. The van der Waals surface area contributed by atoms with E-state index in [2.05, 4.69) is 23.8 Å². The summed E-state index contributed by atoms with van der Waals surface area (Å²) >= 11 is 1.60. The first kappa shape index (κ1) is 17.3. The highest BCUT2D eigenvalue weighted by Gasteiger charge is 2.27. The number of fused-ring (bicyclic) bond motifs is 2. The Bertz CT molecular complexity index is 1240. The van der Waals surface area contributed by atoms with Gasteiger partial charge in [0.15, 0.2) is 0 Å². The molecule has 0 bridgehead atoms. The van der Waals surface area contributed by atoms with Gasteiger partial charge in [0.1, 0.15) is 10.8 Å². The van der Waals surface area contributed by atoms with Crippen molar-refractivity contribution in [2.75, 3.05) is 0 Å². The molecule has 5 nitrogen and oxygen atoms in total. The van der Waals surface area contributed by atoms with Crippen molar-refractivity contribution in [3.05, 3.63) is 65.0 Å². The van der Waals surface area contributed by atoms with Crippen LogP contribution in [0, 0.1) is 5.41 Å². The number of nitrogens with zero attached hydrogens (tertiary/aromatic N) is 4. The average Bonchev–Trinajstić information content (AvgIpc) is 3.19. The lowest BCUT2D eigenvalue weighted by Crippen LogP contribution is -2.36. The van der Waals surface area contributed by atoms with Gasteiger partial charge in [-0.1, -0.05) is 26.0 Å². The Morgan fingerprint density at radius 3 is 2.86 bits per heavy atom. The minimum atomic E-state index is 0.0626. The summed E-state index contributed by atoms with van der Waals surface area (Å²) in [6.07, 6.45) is 5.52. The van der Waals surface area contributed by atoms with Crippen LogP contribution >= 0.6 is 11.3 Å². The van der Waals surface area contributed by atoms with Crippen molar-refractivity contribution in [1.29, 1.82) is 0 Å². The van der Waals surface area contributed by atoms with Crippen molar-refractivity contribution in [1.82, 2.24) is 19.5 Å². The third kappa shape index (κ3) is 2.94. The Hall–Kier alpha value is -2.86. The van der Waals surface area contributed by atoms with Crippen LogP contribution in [0.4, 0.5) is 0 Å². The lowest BCUT2D eigenvalue weighted by molar-refractivity contribution is 0.240. The molecule has 0 saturated carbocycles. The summed E-state index contributed by atoms with van der Waals surface area (Å²) in [5.41, 5.74) is 2.85. The van der Waals surface area contributed by atoms with Gasteiger partial charge in [-0.05, 0) is 36.1 Å². The minimum absolute atomic E-state index is 0.0626. The van der Waals surface area contributed by atoms with E-state index in [1.165, 1.54) is 0 Å². The highest BCUT2D eigenvalue weighted by molar-refractivity contribution is 7.18. The van der Waals surface area contributed by atoms with Crippen LogP contribution in [0.15, 0.2) is 53.6 Å². The van der Waals surface area contributed by atoms with Crippen LogP contribution in [0.5, 0.6) is 0 Å². The van der Waals surface area contributed by atoms with Crippen LogP contribution in [0.1, 0.15) is 26.1 Å². The molecular formula is C22H20N4OS. The zero-order valence-corrected chi connectivity index (χ0v) is 16.7. The zero-order chi connectivity index (χ0) is 19.3. The normalized spacial score (nSPS) is 15.5. The monoisotopic (exact) mass is 388 g/mol. The zero-order valence-electron chi connectivity index (χ0n) is 15.8. The summed E-state index contributed by atoms with van der Waals surface area (Å²) < 4.78 is 1.86. The maximum Gasteiger partial charge on any atom is 0.261 e. The predicted octanol–water partition coefficient (Wildman–Crippen LogP) is 4.55. The van der Waals surface area contributed by atoms with Crippen LogP contribution < -0.4 is 5.56 Å². The van der Waals surface area contributed by atoms with Crippen molar-refractivity contribution in [2.45, 2.75) is 33.2 Å². The Kier molecular flexibility index (Phi) is 3.91. The van der Waals surface area contributed by atoms with Crippen molar-refractivity contribution in [2.24, 2.45) is 5.41 Å². The van der Waals surface area contributed by atoms with Gasteiger partial charge in [0.25, 0.3) is 5.56 Å². The van der Waals surface area contributed by atoms with Crippen molar-refractivity contribution in [3.8, 4) is 21.1 Å². The molecule has 0 N–H and O–H groups in total. The first-order valence-corrected chi connectivity index (χ1v) is 10.2. The van der Waals surface area contributed by atoms with E-state index in [0.29, 0.717) is 5.39 Å². The number of rotatable bonds is 2. The summed E-state index contributed by atoms with van der Waals surface area (Å²) in [6.45, 7) is 5.14. The lowest BCUT2D eigenvalue weighted by atomic mass is 9.85. The van der Waals surface area contributed by atoms with Crippen molar-refractivity contribution in [3.63, 3.8) is 0 Å². The summed E-state index contributed by atoms with van der Waals surface area (Å²) in [6, 6.07) is 11.7. The van der Waals surface area contributed by atoms with Gasteiger partial charge in [-0.25, -0.2) is 9.97 Å². The van der Waals surface area contributed by atoms with E-state index >= 15 is 0 Å². The second-order valence-corrected chi connectivity index (χ2v) is 9.09. The molecule has 28 heavy (non-hydrogen) atoms. The Morgan fingerprint density at radius 2 is 2.04 bits per heavy atom. The van der Waals surface area contributed by atoms with Crippen LogP contribution in [0.2, 0.25) is 0 Å². The van der Waals surface area contributed by atoms with Gasteiger partial charge in [-0.2, -0.15) is 0 Å². The molecule has 1 aliphatic rings. The maximum atomic E-state index is 13.0.